The third-order valence-corrected chi connectivity index (χ3v) is 8.68. The summed E-state index contributed by atoms with van der Waals surface area (Å²) in [5, 5.41) is 11.3. The van der Waals surface area contributed by atoms with Crippen molar-refractivity contribution in [3.8, 4) is 12.3 Å². The SMILES string of the molecule is C#CCNc1cc(C2(Cc3nncn3C)COC2)cc(N2Cc3c(cc(CN4CCC[C@H](C)C4)cc3C(F)(F)F)C2=O)n1. The average molecular weight is 594 g/mol. The number of ether oxygens (including phenoxy) is 1. The maximum atomic E-state index is 14.4. The summed E-state index contributed by atoms with van der Waals surface area (Å²) in [5.74, 6) is 3.93. The fourth-order valence-corrected chi connectivity index (χ4v) is 6.37. The molecule has 6 rings (SSSR count). The number of carbonyl (C=O) groups excluding carboxylic acids is 1. The number of terminal acetylenes is 1. The van der Waals surface area contributed by atoms with E-state index in [1.807, 2.05) is 17.7 Å². The Kier molecular flexibility index (Phi) is 7.64. The van der Waals surface area contributed by atoms with Gasteiger partial charge in [-0.15, -0.1) is 16.6 Å². The van der Waals surface area contributed by atoms with Crippen LogP contribution in [0.1, 0.15) is 58.2 Å². The van der Waals surface area contributed by atoms with Gasteiger partial charge in [-0.1, -0.05) is 12.8 Å². The van der Waals surface area contributed by atoms with Gasteiger partial charge < -0.3 is 14.6 Å². The number of hydrogen-bond acceptors (Lipinski definition) is 7. The van der Waals surface area contributed by atoms with Gasteiger partial charge in [-0.25, -0.2) is 4.98 Å². The molecule has 12 heteroatoms. The molecule has 0 saturated carbocycles. The third kappa shape index (κ3) is 5.71. The minimum Gasteiger partial charge on any atom is -0.379 e. The highest BCUT2D eigenvalue weighted by atomic mass is 19.4. The lowest BCUT2D eigenvalue weighted by Gasteiger charge is -2.42. The van der Waals surface area contributed by atoms with Gasteiger partial charge in [0, 0.05) is 37.5 Å². The van der Waals surface area contributed by atoms with Gasteiger partial charge in [0.05, 0.1) is 31.9 Å². The molecule has 3 aromatic rings. The average Bonchev–Trinajstić information content (AvgIpc) is 3.50. The van der Waals surface area contributed by atoms with E-state index in [1.165, 1.54) is 11.0 Å². The van der Waals surface area contributed by atoms with Crippen molar-refractivity contribution in [2.75, 3.05) is 43.1 Å². The first-order valence-corrected chi connectivity index (χ1v) is 14.4. The standard InChI is InChI=1S/C31H34F3N7O2/c1-4-7-35-26-11-22(30(17-43-18-30)13-28-38-36-19-39(28)3)12-27(37-26)41-16-24-23(29(41)42)9-21(10-25(24)31(32,33)34)15-40-8-5-6-20(2)14-40/h1,9-12,19-20H,5-8,13-18H2,2-3H3,(H,35,37)/t20-/m0/s1. The first kappa shape index (κ1) is 29.1. The van der Waals surface area contributed by atoms with Crippen LogP contribution >= 0.6 is 0 Å². The predicted molar refractivity (Wildman–Crippen MR) is 154 cm³/mol. The molecule has 3 aliphatic rings. The van der Waals surface area contributed by atoms with E-state index in [2.05, 4.69) is 38.2 Å². The highest BCUT2D eigenvalue weighted by molar-refractivity contribution is 6.10. The number of pyridine rings is 1. The van der Waals surface area contributed by atoms with Crippen molar-refractivity contribution in [2.45, 2.75) is 50.9 Å². The predicted octanol–water partition coefficient (Wildman–Crippen LogP) is 4.18. The monoisotopic (exact) mass is 593 g/mol. The van der Waals surface area contributed by atoms with Gasteiger partial charge in [-0.2, -0.15) is 13.2 Å². The molecule has 2 aromatic heterocycles. The molecule has 9 nitrogen and oxygen atoms in total. The lowest BCUT2D eigenvalue weighted by molar-refractivity contribution is -0.138. The number of hydrogen-bond donors (Lipinski definition) is 1. The molecule has 1 N–H and O–H groups in total. The molecular formula is C31H34F3N7O2. The smallest absolute Gasteiger partial charge is 0.379 e. The number of halogens is 3. The van der Waals surface area contributed by atoms with E-state index in [0.29, 0.717) is 43.5 Å². The lowest BCUT2D eigenvalue weighted by atomic mass is 9.75. The van der Waals surface area contributed by atoms with Crippen LogP contribution in [-0.4, -0.2) is 63.4 Å². The number of nitrogens with zero attached hydrogens (tertiary/aromatic N) is 6. The normalized spacial score (nSPS) is 20.0. The molecule has 0 bridgehead atoms. The molecule has 3 aliphatic heterocycles. The molecule has 0 spiro atoms. The van der Waals surface area contributed by atoms with Gasteiger partial charge >= 0.3 is 6.18 Å². The van der Waals surface area contributed by atoms with Gasteiger partial charge in [-0.05, 0) is 66.3 Å². The van der Waals surface area contributed by atoms with Gasteiger partial charge in [0.15, 0.2) is 0 Å². The summed E-state index contributed by atoms with van der Waals surface area (Å²) in [7, 11) is 1.86. The third-order valence-electron chi connectivity index (χ3n) is 8.68. The molecule has 2 fully saturated rings. The Morgan fingerprint density at radius 1 is 1.23 bits per heavy atom. The first-order valence-electron chi connectivity index (χ1n) is 14.4. The Morgan fingerprint density at radius 2 is 2.05 bits per heavy atom. The lowest BCUT2D eigenvalue weighted by Crippen LogP contribution is -2.49. The summed E-state index contributed by atoms with van der Waals surface area (Å²) in [6, 6.07) is 6.46. The van der Waals surface area contributed by atoms with E-state index >= 15 is 0 Å². The second-order valence-corrected chi connectivity index (χ2v) is 12.0. The number of rotatable bonds is 8. The number of likely N-dealkylation sites (tertiary alicyclic amines) is 1. The van der Waals surface area contributed by atoms with Crippen molar-refractivity contribution in [1.82, 2.24) is 24.6 Å². The molecule has 226 valence electrons. The Balaban J connectivity index is 1.37. The summed E-state index contributed by atoms with van der Waals surface area (Å²) >= 11 is 0. The molecule has 1 atom stereocenters. The number of anilines is 2. The Morgan fingerprint density at radius 3 is 2.70 bits per heavy atom. The minimum absolute atomic E-state index is 0.0284. The molecule has 5 heterocycles. The second-order valence-electron chi connectivity index (χ2n) is 12.0. The van der Waals surface area contributed by atoms with Crippen molar-refractivity contribution in [1.29, 1.82) is 0 Å². The van der Waals surface area contributed by atoms with Crippen molar-refractivity contribution < 1.29 is 22.7 Å². The Bertz CT molecular complexity index is 1570. The van der Waals surface area contributed by atoms with Gasteiger partial charge in [0.2, 0.25) is 0 Å². The summed E-state index contributed by atoms with van der Waals surface area (Å²) < 4.78 is 50.7. The zero-order valence-electron chi connectivity index (χ0n) is 24.2. The number of benzene rings is 1. The number of piperidine rings is 1. The van der Waals surface area contributed by atoms with Crippen LogP contribution in [0.25, 0.3) is 0 Å². The molecular weight excluding hydrogens is 559 g/mol. The van der Waals surface area contributed by atoms with Crippen LogP contribution in [0.5, 0.6) is 0 Å². The summed E-state index contributed by atoms with van der Waals surface area (Å²) in [6.45, 7) is 4.93. The highest BCUT2D eigenvalue weighted by Gasteiger charge is 2.44. The van der Waals surface area contributed by atoms with Crippen LogP contribution in [0.4, 0.5) is 24.8 Å². The fraction of sp³-hybridized carbons (Fsp3) is 0.484. The number of alkyl halides is 3. The van der Waals surface area contributed by atoms with Crippen LogP contribution in [0.3, 0.4) is 0 Å². The minimum atomic E-state index is -4.61. The van der Waals surface area contributed by atoms with Crippen molar-refractivity contribution >= 4 is 17.5 Å². The number of aryl methyl sites for hydroxylation is 1. The number of amides is 1. The molecule has 0 unspecified atom stereocenters. The van der Waals surface area contributed by atoms with E-state index in [9.17, 15) is 18.0 Å². The largest absolute Gasteiger partial charge is 0.416 e. The van der Waals surface area contributed by atoms with Crippen molar-refractivity contribution in [3.63, 3.8) is 0 Å². The number of fused-ring (bicyclic) bond motifs is 1. The van der Waals surface area contributed by atoms with E-state index in [1.54, 1.807) is 18.5 Å². The maximum absolute atomic E-state index is 14.4. The zero-order chi connectivity index (χ0) is 30.4. The zero-order valence-corrected chi connectivity index (χ0v) is 24.2. The van der Waals surface area contributed by atoms with Crippen LogP contribution in [0, 0.1) is 18.3 Å². The summed E-state index contributed by atoms with van der Waals surface area (Å²) in [6.07, 6.45) is 5.13. The van der Waals surface area contributed by atoms with E-state index in [4.69, 9.17) is 11.2 Å². The molecule has 0 aliphatic carbocycles. The van der Waals surface area contributed by atoms with E-state index < -0.39 is 23.1 Å². The van der Waals surface area contributed by atoms with E-state index in [0.717, 1.165) is 37.3 Å². The maximum Gasteiger partial charge on any atom is 0.416 e. The van der Waals surface area contributed by atoms with Crippen molar-refractivity contribution in [3.05, 3.63) is 64.2 Å². The van der Waals surface area contributed by atoms with Crippen molar-refractivity contribution in [2.24, 2.45) is 13.0 Å². The number of carbonyl (C=O) groups is 1. The molecule has 1 amide bonds. The second kappa shape index (κ2) is 11.3. The Labute approximate surface area is 248 Å². The van der Waals surface area contributed by atoms with Crippen LogP contribution in [0.15, 0.2) is 30.6 Å². The number of nitrogens with one attached hydrogen (secondary N) is 1. The molecule has 2 saturated heterocycles. The summed E-state index contributed by atoms with van der Waals surface area (Å²) in [4.78, 5) is 22.0. The van der Waals surface area contributed by atoms with Gasteiger partial charge in [-0.3, -0.25) is 14.6 Å². The summed E-state index contributed by atoms with van der Waals surface area (Å²) in [5.41, 5.74) is 0.110. The van der Waals surface area contributed by atoms with Crippen LogP contribution in [0.2, 0.25) is 0 Å². The van der Waals surface area contributed by atoms with Gasteiger partial charge in [0.1, 0.15) is 23.8 Å². The van der Waals surface area contributed by atoms with Crippen LogP contribution < -0.4 is 10.2 Å². The topological polar surface area (TPSA) is 88.4 Å². The highest BCUT2D eigenvalue weighted by Crippen LogP contribution is 2.42. The molecule has 0 radical (unpaired) electrons. The van der Waals surface area contributed by atoms with Gasteiger partial charge in [0.25, 0.3) is 5.91 Å². The first-order chi connectivity index (χ1) is 20.6. The Hall–Kier alpha value is -3.95. The number of aromatic nitrogens is 4. The van der Waals surface area contributed by atoms with E-state index in [-0.39, 0.29) is 30.0 Å². The fourth-order valence-electron chi connectivity index (χ4n) is 6.37. The quantitative estimate of drug-likeness (QED) is 0.392. The van der Waals surface area contributed by atoms with Crippen LogP contribution in [-0.2, 0) is 42.9 Å². The molecule has 43 heavy (non-hydrogen) atoms. The molecule has 1 aromatic carbocycles.